The van der Waals surface area contributed by atoms with Crippen LogP contribution in [-0.2, 0) is 4.74 Å². The molecule has 0 aliphatic rings. The molecular formula is C23H19N3O2. The zero-order chi connectivity index (χ0) is 19.3. The number of benzene rings is 3. The van der Waals surface area contributed by atoms with Crippen LogP contribution in [0.25, 0.3) is 10.9 Å². The van der Waals surface area contributed by atoms with Gasteiger partial charge in [-0.2, -0.15) is 5.10 Å². The standard InChI is InChI=1S/C23H19N3O2/c1-28-23(27)22-20(19-14-8-9-15-21(19)25-22)16-24-26(17-10-4-2-5-11-17)18-12-6-3-7-13-18/h2-16,25H,1H3. The number of carbonyl (C=O) groups is 1. The van der Waals surface area contributed by atoms with Crippen LogP contribution in [0.1, 0.15) is 16.1 Å². The zero-order valence-electron chi connectivity index (χ0n) is 15.4. The van der Waals surface area contributed by atoms with Crippen molar-refractivity contribution >= 4 is 34.5 Å². The molecule has 0 radical (unpaired) electrons. The molecule has 1 N–H and O–H groups in total. The Kier molecular flexibility index (Phi) is 4.89. The quantitative estimate of drug-likeness (QED) is 0.301. The predicted octanol–water partition coefficient (Wildman–Crippen LogP) is 5.13. The van der Waals surface area contributed by atoms with E-state index in [9.17, 15) is 4.79 Å². The lowest BCUT2D eigenvalue weighted by molar-refractivity contribution is 0.0595. The van der Waals surface area contributed by atoms with Gasteiger partial charge in [-0.1, -0.05) is 54.6 Å². The maximum atomic E-state index is 12.3. The van der Waals surface area contributed by atoms with Gasteiger partial charge in [-0.05, 0) is 30.3 Å². The first-order valence-electron chi connectivity index (χ1n) is 8.91. The monoisotopic (exact) mass is 369 g/mol. The van der Waals surface area contributed by atoms with Gasteiger partial charge < -0.3 is 9.72 Å². The van der Waals surface area contributed by atoms with E-state index in [1.807, 2.05) is 89.9 Å². The van der Waals surface area contributed by atoms with Gasteiger partial charge in [-0.15, -0.1) is 0 Å². The fourth-order valence-corrected chi connectivity index (χ4v) is 3.10. The van der Waals surface area contributed by atoms with Crippen molar-refractivity contribution in [2.24, 2.45) is 5.10 Å². The van der Waals surface area contributed by atoms with Crippen molar-refractivity contribution < 1.29 is 9.53 Å². The average Bonchev–Trinajstić information content (AvgIpc) is 3.13. The van der Waals surface area contributed by atoms with Gasteiger partial charge in [0.15, 0.2) is 0 Å². The number of H-pyrrole nitrogens is 1. The number of methoxy groups -OCH3 is 1. The van der Waals surface area contributed by atoms with Crippen molar-refractivity contribution in [3.8, 4) is 0 Å². The Morgan fingerprint density at radius 3 is 2.07 bits per heavy atom. The van der Waals surface area contributed by atoms with Crippen LogP contribution in [0.3, 0.4) is 0 Å². The third-order valence-electron chi connectivity index (χ3n) is 4.44. The van der Waals surface area contributed by atoms with Crippen molar-refractivity contribution in [3.05, 3.63) is 96.2 Å². The first-order valence-corrected chi connectivity index (χ1v) is 8.91. The molecule has 4 aromatic rings. The molecule has 5 heteroatoms. The minimum absolute atomic E-state index is 0.383. The van der Waals surface area contributed by atoms with Crippen molar-refractivity contribution in [2.75, 3.05) is 12.1 Å². The number of aromatic nitrogens is 1. The van der Waals surface area contributed by atoms with Gasteiger partial charge in [0.2, 0.25) is 0 Å². The smallest absolute Gasteiger partial charge is 0.355 e. The van der Waals surface area contributed by atoms with E-state index < -0.39 is 5.97 Å². The van der Waals surface area contributed by atoms with E-state index in [4.69, 9.17) is 9.84 Å². The number of hydrazone groups is 1. The summed E-state index contributed by atoms with van der Waals surface area (Å²) in [5, 5.41) is 7.46. The van der Waals surface area contributed by atoms with E-state index in [1.165, 1.54) is 7.11 Å². The Balaban J connectivity index is 1.82. The van der Waals surface area contributed by atoms with Gasteiger partial charge in [0, 0.05) is 16.5 Å². The fraction of sp³-hybridized carbons (Fsp3) is 0.0435. The molecular weight excluding hydrogens is 350 g/mol. The summed E-state index contributed by atoms with van der Waals surface area (Å²) >= 11 is 0. The number of anilines is 2. The minimum atomic E-state index is -0.427. The van der Waals surface area contributed by atoms with E-state index in [0.717, 1.165) is 22.3 Å². The van der Waals surface area contributed by atoms with E-state index >= 15 is 0 Å². The van der Waals surface area contributed by atoms with Crippen LogP contribution in [0.2, 0.25) is 0 Å². The first-order chi connectivity index (χ1) is 13.8. The number of ether oxygens (including phenoxy) is 1. The fourth-order valence-electron chi connectivity index (χ4n) is 3.10. The normalized spacial score (nSPS) is 11.0. The maximum Gasteiger partial charge on any atom is 0.355 e. The molecule has 4 rings (SSSR count). The highest BCUT2D eigenvalue weighted by molar-refractivity contribution is 6.09. The summed E-state index contributed by atoms with van der Waals surface area (Å²) in [6, 6.07) is 27.5. The number of nitrogens with one attached hydrogen (secondary N) is 1. The van der Waals surface area contributed by atoms with E-state index in [-0.39, 0.29) is 0 Å². The molecule has 3 aromatic carbocycles. The van der Waals surface area contributed by atoms with Crippen molar-refractivity contribution in [1.82, 2.24) is 4.98 Å². The summed E-state index contributed by atoms with van der Waals surface area (Å²) in [4.78, 5) is 15.4. The number of nitrogens with zero attached hydrogens (tertiary/aromatic N) is 2. The largest absolute Gasteiger partial charge is 0.464 e. The van der Waals surface area contributed by atoms with Gasteiger partial charge in [-0.3, -0.25) is 0 Å². The van der Waals surface area contributed by atoms with Crippen LogP contribution in [-0.4, -0.2) is 24.3 Å². The van der Waals surface area contributed by atoms with Crippen LogP contribution >= 0.6 is 0 Å². The zero-order valence-corrected chi connectivity index (χ0v) is 15.4. The maximum absolute atomic E-state index is 12.3. The number of hydrogen-bond acceptors (Lipinski definition) is 4. The highest BCUT2D eigenvalue weighted by Gasteiger charge is 2.17. The van der Waals surface area contributed by atoms with Gasteiger partial charge in [0.1, 0.15) is 5.69 Å². The molecule has 0 saturated heterocycles. The highest BCUT2D eigenvalue weighted by Crippen LogP contribution is 2.26. The lowest BCUT2D eigenvalue weighted by Gasteiger charge is -2.19. The molecule has 1 heterocycles. The number of aromatic amines is 1. The van der Waals surface area contributed by atoms with Gasteiger partial charge >= 0.3 is 5.97 Å². The highest BCUT2D eigenvalue weighted by atomic mass is 16.5. The van der Waals surface area contributed by atoms with Gasteiger partial charge in [0.05, 0.1) is 24.7 Å². The minimum Gasteiger partial charge on any atom is -0.464 e. The first kappa shape index (κ1) is 17.5. The number of para-hydroxylation sites is 3. The number of rotatable bonds is 5. The number of carbonyl (C=O) groups excluding carboxylic acids is 1. The Morgan fingerprint density at radius 2 is 1.46 bits per heavy atom. The molecule has 0 atom stereocenters. The third-order valence-corrected chi connectivity index (χ3v) is 4.44. The molecule has 5 nitrogen and oxygen atoms in total. The van der Waals surface area contributed by atoms with Crippen LogP contribution in [0.4, 0.5) is 11.4 Å². The SMILES string of the molecule is COC(=O)c1[nH]c2ccccc2c1C=NN(c1ccccc1)c1ccccc1. The van der Waals surface area contributed by atoms with E-state index in [1.54, 1.807) is 6.21 Å². The summed E-state index contributed by atoms with van der Waals surface area (Å²) in [5.41, 5.74) is 3.77. The Labute approximate surface area is 162 Å². The Hall–Kier alpha value is -3.86. The van der Waals surface area contributed by atoms with Crippen LogP contribution in [0.5, 0.6) is 0 Å². The predicted molar refractivity (Wildman–Crippen MR) is 112 cm³/mol. The topological polar surface area (TPSA) is 57.7 Å². The summed E-state index contributed by atoms with van der Waals surface area (Å²) < 4.78 is 4.94. The molecule has 1 aromatic heterocycles. The summed E-state index contributed by atoms with van der Waals surface area (Å²) in [5.74, 6) is -0.427. The number of hydrogen-bond donors (Lipinski definition) is 1. The molecule has 28 heavy (non-hydrogen) atoms. The average molecular weight is 369 g/mol. The molecule has 0 spiro atoms. The lowest BCUT2D eigenvalue weighted by Crippen LogP contribution is -2.10. The molecule has 0 amide bonds. The number of fused-ring (bicyclic) bond motifs is 1. The van der Waals surface area contributed by atoms with Gasteiger partial charge in [0.25, 0.3) is 0 Å². The second kappa shape index (κ2) is 7.80. The molecule has 0 unspecified atom stereocenters. The Bertz CT molecular complexity index is 1080. The van der Waals surface area contributed by atoms with E-state index in [2.05, 4.69) is 4.98 Å². The third kappa shape index (κ3) is 3.38. The molecule has 0 aliphatic heterocycles. The molecule has 0 fully saturated rings. The lowest BCUT2D eigenvalue weighted by atomic mass is 10.1. The second-order valence-corrected chi connectivity index (χ2v) is 6.18. The molecule has 138 valence electrons. The summed E-state index contributed by atoms with van der Waals surface area (Å²) in [7, 11) is 1.37. The Morgan fingerprint density at radius 1 is 0.893 bits per heavy atom. The van der Waals surface area contributed by atoms with Crippen LogP contribution < -0.4 is 5.01 Å². The van der Waals surface area contributed by atoms with Crippen LogP contribution in [0, 0.1) is 0 Å². The van der Waals surface area contributed by atoms with Crippen molar-refractivity contribution in [3.63, 3.8) is 0 Å². The molecule has 0 aliphatic carbocycles. The summed E-state index contributed by atoms with van der Waals surface area (Å²) in [6.45, 7) is 0. The molecule has 0 saturated carbocycles. The molecule has 0 bridgehead atoms. The van der Waals surface area contributed by atoms with Crippen molar-refractivity contribution in [2.45, 2.75) is 0 Å². The summed E-state index contributed by atoms with van der Waals surface area (Å²) in [6.07, 6.45) is 1.70. The van der Waals surface area contributed by atoms with Gasteiger partial charge in [-0.25, -0.2) is 9.80 Å². The number of esters is 1. The second-order valence-electron chi connectivity index (χ2n) is 6.18. The van der Waals surface area contributed by atoms with E-state index in [0.29, 0.717) is 11.3 Å². The van der Waals surface area contributed by atoms with Crippen LogP contribution in [0.15, 0.2) is 90.0 Å². The van der Waals surface area contributed by atoms with Crippen molar-refractivity contribution in [1.29, 1.82) is 0 Å².